The Morgan fingerprint density at radius 1 is 1.05 bits per heavy atom. The van der Waals surface area contributed by atoms with Gasteiger partial charge in [0.25, 0.3) is 0 Å². The average molecular weight is 313 g/mol. The van der Waals surface area contributed by atoms with Crippen molar-refractivity contribution in [1.82, 2.24) is 5.32 Å². The van der Waals surface area contributed by atoms with Gasteiger partial charge in [-0.2, -0.15) is 10.0 Å². The first-order chi connectivity index (χ1) is 10.7. The van der Waals surface area contributed by atoms with E-state index in [2.05, 4.69) is 60.1 Å². The van der Waals surface area contributed by atoms with Crippen molar-refractivity contribution in [1.29, 1.82) is 0 Å². The molecule has 1 atom stereocenters. The predicted octanol–water partition coefficient (Wildman–Crippen LogP) is 3.86. The van der Waals surface area contributed by atoms with E-state index >= 15 is 0 Å². The lowest BCUT2D eigenvalue weighted by atomic mass is 10.2. The molecule has 1 fully saturated rings. The molecule has 2 aromatic carbocycles. The fourth-order valence-electron chi connectivity index (χ4n) is 3.09. The van der Waals surface area contributed by atoms with E-state index in [1.54, 1.807) is 0 Å². The van der Waals surface area contributed by atoms with Crippen molar-refractivity contribution in [3.05, 3.63) is 60.7 Å². The summed E-state index contributed by atoms with van der Waals surface area (Å²) >= 11 is 0. The molecule has 1 aliphatic heterocycles. The molecule has 0 aliphatic carbocycles. The third-order valence-corrected chi connectivity index (χ3v) is 7.89. The van der Waals surface area contributed by atoms with E-state index in [0.29, 0.717) is 11.5 Å². The molecule has 22 heavy (non-hydrogen) atoms. The Labute approximate surface area is 134 Å². The summed E-state index contributed by atoms with van der Waals surface area (Å²) in [6.45, 7) is 0.971. The van der Waals surface area contributed by atoms with Crippen LogP contribution in [0.15, 0.2) is 70.5 Å². The summed E-state index contributed by atoms with van der Waals surface area (Å²) in [6.07, 6.45) is 4.36. The highest BCUT2D eigenvalue weighted by molar-refractivity contribution is 8.33. The third kappa shape index (κ3) is 3.11. The van der Waals surface area contributed by atoms with Crippen LogP contribution < -0.4 is 5.32 Å². The molecule has 3 rings (SSSR count). The van der Waals surface area contributed by atoms with Crippen molar-refractivity contribution in [2.75, 3.05) is 18.6 Å². The third-order valence-electron chi connectivity index (χ3n) is 4.41. The van der Waals surface area contributed by atoms with Crippen LogP contribution in [-0.4, -0.2) is 30.4 Å². The van der Waals surface area contributed by atoms with E-state index < -0.39 is 10.0 Å². The molecule has 116 valence electrons. The fraction of sp³-hybridized carbons (Fsp3) is 0.316. The zero-order chi connectivity index (χ0) is 15.4. The summed E-state index contributed by atoms with van der Waals surface area (Å²) in [7, 11) is -1.32. The van der Waals surface area contributed by atoms with Gasteiger partial charge in [-0.3, -0.25) is 4.79 Å². The quantitative estimate of drug-likeness (QED) is 0.908. The maximum Gasteiger partial charge on any atom is 0.158 e. The molecule has 1 heterocycles. The van der Waals surface area contributed by atoms with Gasteiger partial charge < -0.3 is 5.32 Å². The molecular weight excluding hydrogens is 290 g/mol. The summed E-state index contributed by atoms with van der Waals surface area (Å²) in [5.74, 6) is 0.987. The maximum absolute atomic E-state index is 12.8. The molecule has 2 aromatic rings. The minimum Gasteiger partial charge on any atom is -0.307 e. The summed E-state index contributed by atoms with van der Waals surface area (Å²) in [4.78, 5) is 15.3. The largest absolute Gasteiger partial charge is 0.307 e. The molecule has 2 nitrogen and oxygen atoms in total. The van der Waals surface area contributed by atoms with E-state index in [9.17, 15) is 4.79 Å². The molecular formula is C19H23NOS. The highest BCUT2D eigenvalue weighted by Gasteiger charge is 2.30. The van der Waals surface area contributed by atoms with Gasteiger partial charge in [-0.05, 0) is 59.7 Å². The van der Waals surface area contributed by atoms with Crippen molar-refractivity contribution in [2.24, 2.45) is 0 Å². The predicted molar refractivity (Wildman–Crippen MR) is 93.8 cm³/mol. The zero-order valence-corrected chi connectivity index (χ0v) is 13.8. The van der Waals surface area contributed by atoms with Crippen LogP contribution >= 0.6 is 10.0 Å². The van der Waals surface area contributed by atoms with Gasteiger partial charge in [0, 0.05) is 5.75 Å². The van der Waals surface area contributed by atoms with E-state index in [1.165, 1.54) is 9.79 Å². The Kier molecular flexibility index (Phi) is 4.65. The van der Waals surface area contributed by atoms with Gasteiger partial charge in [-0.15, -0.1) is 0 Å². The van der Waals surface area contributed by atoms with Gasteiger partial charge in [0.15, 0.2) is 5.78 Å². The topological polar surface area (TPSA) is 29.1 Å². The lowest BCUT2D eigenvalue weighted by Crippen LogP contribution is -2.34. The normalized spacial score (nSPS) is 19.0. The van der Waals surface area contributed by atoms with Crippen molar-refractivity contribution < 1.29 is 4.79 Å². The van der Waals surface area contributed by atoms with Crippen LogP contribution in [0.5, 0.6) is 0 Å². The number of rotatable bonds is 5. The van der Waals surface area contributed by atoms with Gasteiger partial charge in [0.1, 0.15) is 0 Å². The zero-order valence-electron chi connectivity index (χ0n) is 13.0. The van der Waals surface area contributed by atoms with Crippen molar-refractivity contribution >= 4 is 15.8 Å². The molecule has 1 aliphatic rings. The van der Waals surface area contributed by atoms with Crippen molar-refractivity contribution in [3.8, 4) is 0 Å². The summed E-state index contributed by atoms with van der Waals surface area (Å²) in [5, 5.41) is 3.35. The van der Waals surface area contributed by atoms with Gasteiger partial charge in [0.2, 0.25) is 0 Å². The molecule has 0 saturated carbocycles. The van der Waals surface area contributed by atoms with Crippen molar-refractivity contribution in [3.63, 3.8) is 0 Å². The standard InChI is InChI=1S/C19H23NOS/c1-22(16-9-4-2-5-10-16,17-11-6-3-7-12-17)15-19(21)18-13-8-14-20-18/h2-7,9-12,18,20H,8,13-15H2,1H3. The summed E-state index contributed by atoms with van der Waals surface area (Å²) < 4.78 is 0. The van der Waals surface area contributed by atoms with E-state index in [1.807, 2.05) is 12.1 Å². The number of benzene rings is 2. The average Bonchev–Trinajstić information content (AvgIpc) is 3.11. The summed E-state index contributed by atoms with van der Waals surface area (Å²) in [5.41, 5.74) is 0. The van der Waals surface area contributed by atoms with E-state index in [0.717, 1.165) is 19.4 Å². The van der Waals surface area contributed by atoms with Crippen LogP contribution in [0.1, 0.15) is 12.8 Å². The Morgan fingerprint density at radius 3 is 2.05 bits per heavy atom. The maximum atomic E-state index is 12.8. The monoisotopic (exact) mass is 313 g/mol. The molecule has 1 N–H and O–H groups in total. The molecule has 1 unspecified atom stereocenters. The first kappa shape index (κ1) is 15.3. The first-order valence-electron chi connectivity index (χ1n) is 7.82. The number of carbonyl (C=O) groups is 1. The van der Waals surface area contributed by atoms with E-state index in [4.69, 9.17) is 0 Å². The lowest BCUT2D eigenvalue weighted by Gasteiger charge is -2.37. The Bertz CT molecular complexity index is 581. The van der Waals surface area contributed by atoms with Gasteiger partial charge >= 0.3 is 0 Å². The second kappa shape index (κ2) is 6.67. The summed E-state index contributed by atoms with van der Waals surface area (Å²) in [6, 6.07) is 21.1. The second-order valence-electron chi connectivity index (χ2n) is 5.97. The molecule has 0 radical (unpaired) electrons. The van der Waals surface area contributed by atoms with Gasteiger partial charge in [0.05, 0.1) is 6.04 Å². The van der Waals surface area contributed by atoms with Crippen LogP contribution in [0, 0.1) is 0 Å². The number of Topliss-reactive ketones (excluding diaryl/α,β-unsaturated/α-hetero) is 1. The highest BCUT2D eigenvalue weighted by atomic mass is 32.3. The number of nitrogens with one attached hydrogen (secondary N) is 1. The number of hydrogen-bond donors (Lipinski definition) is 1. The first-order valence-corrected chi connectivity index (χ1v) is 10.0. The minimum absolute atomic E-state index is 0.0549. The van der Waals surface area contributed by atoms with Crippen molar-refractivity contribution in [2.45, 2.75) is 28.7 Å². The minimum atomic E-state index is -1.32. The number of carbonyl (C=O) groups excluding carboxylic acids is 1. The van der Waals surface area contributed by atoms with Gasteiger partial charge in [-0.1, -0.05) is 36.4 Å². The number of hydrogen-bond acceptors (Lipinski definition) is 2. The Hall–Kier alpha value is -1.58. The van der Waals surface area contributed by atoms with Crippen LogP contribution in [0.2, 0.25) is 0 Å². The highest BCUT2D eigenvalue weighted by Crippen LogP contribution is 2.59. The van der Waals surface area contributed by atoms with Crippen LogP contribution in [0.25, 0.3) is 0 Å². The number of ketones is 1. The molecule has 0 spiro atoms. The molecule has 0 bridgehead atoms. The fourth-order valence-corrected chi connectivity index (χ4v) is 5.98. The van der Waals surface area contributed by atoms with Crippen LogP contribution in [0.4, 0.5) is 0 Å². The van der Waals surface area contributed by atoms with Gasteiger partial charge in [-0.25, -0.2) is 0 Å². The SMILES string of the molecule is CS(CC(=O)C1CCCN1)(c1ccccc1)c1ccccc1. The molecule has 0 aromatic heterocycles. The second-order valence-corrected chi connectivity index (χ2v) is 9.38. The smallest absolute Gasteiger partial charge is 0.158 e. The molecule has 0 amide bonds. The molecule has 1 saturated heterocycles. The van der Waals surface area contributed by atoms with Crippen LogP contribution in [-0.2, 0) is 4.79 Å². The molecule has 3 heteroatoms. The lowest BCUT2D eigenvalue weighted by molar-refractivity contribution is -0.118. The Morgan fingerprint density at radius 2 is 1.59 bits per heavy atom. The van der Waals surface area contributed by atoms with Crippen LogP contribution in [0.3, 0.4) is 0 Å². The van der Waals surface area contributed by atoms with E-state index in [-0.39, 0.29) is 6.04 Å². The Balaban J connectivity index is 1.94.